The molecule has 0 radical (unpaired) electrons. The average Bonchev–Trinajstić information content (AvgIpc) is 2.48. The molecular weight excluding hydrogens is 361 g/mol. The van der Waals surface area contributed by atoms with Crippen LogP contribution in [0.1, 0.15) is 19.4 Å². The molecule has 2 aromatic carbocycles. The van der Waals surface area contributed by atoms with Crippen molar-refractivity contribution in [2.45, 2.75) is 36.5 Å². The summed E-state index contributed by atoms with van der Waals surface area (Å²) in [5.74, 6) is 0. The van der Waals surface area contributed by atoms with Gasteiger partial charge in [0.25, 0.3) is 0 Å². The molecule has 1 N–H and O–H groups in total. The van der Waals surface area contributed by atoms with Gasteiger partial charge >= 0.3 is 139 Å². The van der Waals surface area contributed by atoms with Gasteiger partial charge in [-0.15, -0.1) is 0 Å². The number of hydrogen-bond donors (Lipinski definition) is 1. The van der Waals surface area contributed by atoms with E-state index in [4.69, 9.17) is 0 Å². The molecule has 0 bridgehead atoms. The Bertz CT molecular complexity index is 699. The van der Waals surface area contributed by atoms with Gasteiger partial charge in [0, 0.05) is 0 Å². The van der Waals surface area contributed by atoms with E-state index in [1.165, 1.54) is 4.46 Å². The Kier molecular flexibility index (Phi) is 5.81. The van der Waals surface area contributed by atoms with Crippen LogP contribution in [0.2, 0.25) is 4.82 Å². The molecule has 0 saturated carbocycles. The van der Waals surface area contributed by atoms with E-state index in [9.17, 15) is 8.42 Å². The summed E-state index contributed by atoms with van der Waals surface area (Å²) in [5.41, 5.74) is 1.05. The second-order valence-corrected chi connectivity index (χ2v) is 10.1. The van der Waals surface area contributed by atoms with Gasteiger partial charge in [-0.2, -0.15) is 0 Å². The van der Waals surface area contributed by atoms with Crippen molar-refractivity contribution in [3.63, 3.8) is 0 Å². The van der Waals surface area contributed by atoms with Crippen LogP contribution in [0.5, 0.6) is 0 Å². The van der Waals surface area contributed by atoms with Gasteiger partial charge in [-0.1, -0.05) is 0 Å². The van der Waals surface area contributed by atoms with Crippen molar-refractivity contribution in [2.75, 3.05) is 0 Å². The summed E-state index contributed by atoms with van der Waals surface area (Å²) in [6, 6.07) is 17.0. The van der Waals surface area contributed by atoms with Crippen molar-refractivity contribution in [1.82, 2.24) is 4.72 Å². The zero-order valence-corrected chi connectivity index (χ0v) is 15.5. The summed E-state index contributed by atoms with van der Waals surface area (Å²) in [6.45, 7) is 5.97. The predicted octanol–water partition coefficient (Wildman–Crippen LogP) is 2.50. The topological polar surface area (TPSA) is 46.2 Å². The molecule has 0 aliphatic heterocycles. The molecule has 3 nitrogen and oxygen atoms in total. The molecule has 0 aliphatic carbocycles. The van der Waals surface area contributed by atoms with E-state index in [1.807, 2.05) is 44.2 Å². The molecule has 0 spiro atoms. The molecular formula is C17H21NO2SSe. The molecule has 0 unspecified atom stereocenters. The van der Waals surface area contributed by atoms with Crippen molar-refractivity contribution in [3.05, 3.63) is 60.2 Å². The molecule has 2 atom stereocenters. The molecule has 0 heterocycles. The first kappa shape index (κ1) is 17.2. The molecule has 118 valence electrons. The van der Waals surface area contributed by atoms with Crippen molar-refractivity contribution in [3.8, 4) is 0 Å². The van der Waals surface area contributed by atoms with Crippen molar-refractivity contribution < 1.29 is 8.42 Å². The van der Waals surface area contributed by atoms with Crippen LogP contribution in [0.4, 0.5) is 0 Å². The van der Waals surface area contributed by atoms with E-state index in [-0.39, 0.29) is 25.8 Å². The van der Waals surface area contributed by atoms with Gasteiger partial charge in [0.15, 0.2) is 0 Å². The molecule has 2 aromatic rings. The number of nitrogens with one attached hydrogen (secondary N) is 1. The molecule has 0 aliphatic rings. The van der Waals surface area contributed by atoms with Crippen molar-refractivity contribution >= 4 is 29.4 Å². The third kappa shape index (κ3) is 4.68. The van der Waals surface area contributed by atoms with Crippen LogP contribution in [0.3, 0.4) is 0 Å². The van der Waals surface area contributed by atoms with Crippen molar-refractivity contribution in [1.29, 1.82) is 0 Å². The van der Waals surface area contributed by atoms with Gasteiger partial charge in [-0.25, -0.2) is 0 Å². The van der Waals surface area contributed by atoms with E-state index in [2.05, 4.69) is 23.8 Å². The maximum absolute atomic E-state index is 12.4. The van der Waals surface area contributed by atoms with Gasteiger partial charge in [-0.3, -0.25) is 0 Å². The van der Waals surface area contributed by atoms with Gasteiger partial charge in [-0.05, 0) is 0 Å². The Morgan fingerprint density at radius 2 is 1.55 bits per heavy atom. The van der Waals surface area contributed by atoms with Crippen LogP contribution in [-0.4, -0.2) is 29.4 Å². The Morgan fingerprint density at radius 3 is 2.14 bits per heavy atom. The summed E-state index contributed by atoms with van der Waals surface area (Å²) in [5, 5.41) is 0. The third-order valence-corrected chi connectivity index (χ3v) is 7.80. The Balaban J connectivity index is 2.03. The molecule has 22 heavy (non-hydrogen) atoms. The molecule has 5 heteroatoms. The molecule has 0 aromatic heterocycles. The minimum atomic E-state index is -3.45. The Hall–Kier alpha value is -1.13. The van der Waals surface area contributed by atoms with Gasteiger partial charge < -0.3 is 0 Å². The second kappa shape index (κ2) is 7.42. The SMILES string of the molecule is Cc1ccc(S(=O)(=O)N[C@@H](C)[C@H](C)[Se]c2ccccc2)cc1. The zero-order valence-electron chi connectivity index (χ0n) is 13.0. The third-order valence-electron chi connectivity index (χ3n) is 3.44. The fraction of sp³-hybridized carbons (Fsp3) is 0.294. The zero-order chi connectivity index (χ0) is 16.2. The summed E-state index contributed by atoms with van der Waals surface area (Å²) < 4.78 is 28.9. The number of benzene rings is 2. The van der Waals surface area contributed by atoms with E-state index in [0.29, 0.717) is 4.90 Å². The molecule has 0 saturated heterocycles. The summed E-state index contributed by atoms with van der Waals surface area (Å²) in [6.07, 6.45) is 0. The number of rotatable bonds is 6. The van der Waals surface area contributed by atoms with Gasteiger partial charge in [0.2, 0.25) is 0 Å². The van der Waals surface area contributed by atoms with E-state index < -0.39 is 10.0 Å². The van der Waals surface area contributed by atoms with E-state index >= 15 is 0 Å². The maximum atomic E-state index is 12.4. The van der Waals surface area contributed by atoms with Gasteiger partial charge in [0.1, 0.15) is 0 Å². The number of sulfonamides is 1. The van der Waals surface area contributed by atoms with E-state index in [0.717, 1.165) is 5.56 Å². The summed E-state index contributed by atoms with van der Waals surface area (Å²) >= 11 is 0.233. The van der Waals surface area contributed by atoms with Crippen LogP contribution in [-0.2, 0) is 10.0 Å². The fourth-order valence-electron chi connectivity index (χ4n) is 1.94. The van der Waals surface area contributed by atoms with Crippen LogP contribution in [0, 0.1) is 6.92 Å². The Morgan fingerprint density at radius 1 is 0.955 bits per heavy atom. The first-order chi connectivity index (χ1) is 10.4. The van der Waals surface area contributed by atoms with Crippen LogP contribution in [0.25, 0.3) is 0 Å². The fourth-order valence-corrected chi connectivity index (χ4v) is 5.59. The molecule has 0 amide bonds. The van der Waals surface area contributed by atoms with Crippen LogP contribution < -0.4 is 9.18 Å². The van der Waals surface area contributed by atoms with Crippen LogP contribution >= 0.6 is 0 Å². The first-order valence-corrected chi connectivity index (χ1v) is 10.5. The first-order valence-electron chi connectivity index (χ1n) is 7.19. The standard InChI is InChI=1S/C17H21NO2SSe/c1-13-9-11-16(12-10-13)21(19,20)18-14(2)15(3)22-17-7-5-4-6-8-17/h4-12,14-15,18H,1-3H3/t14-,15-/m0/s1. The minimum absolute atomic E-state index is 0.105. The predicted molar refractivity (Wildman–Crippen MR) is 92.2 cm³/mol. The second-order valence-electron chi connectivity index (χ2n) is 5.36. The summed E-state index contributed by atoms with van der Waals surface area (Å²) in [7, 11) is -3.45. The number of aryl methyl sites for hydroxylation is 1. The quantitative estimate of drug-likeness (QED) is 0.781. The monoisotopic (exact) mass is 383 g/mol. The number of hydrogen-bond acceptors (Lipinski definition) is 2. The molecule has 2 rings (SSSR count). The van der Waals surface area contributed by atoms with Gasteiger partial charge in [0.05, 0.1) is 0 Å². The average molecular weight is 382 g/mol. The van der Waals surface area contributed by atoms with E-state index in [1.54, 1.807) is 12.1 Å². The normalized spacial score (nSPS) is 14.5. The van der Waals surface area contributed by atoms with Crippen molar-refractivity contribution in [2.24, 2.45) is 0 Å². The Labute approximate surface area is 139 Å². The van der Waals surface area contributed by atoms with Crippen LogP contribution in [0.15, 0.2) is 59.5 Å². The molecule has 0 fully saturated rings. The summed E-state index contributed by atoms with van der Waals surface area (Å²) in [4.78, 5) is 0.597.